The molecule has 0 saturated carbocycles. The van der Waals surface area contributed by atoms with Crippen molar-refractivity contribution in [3.05, 3.63) is 95.6 Å². The number of amides is 2. The molecule has 3 aromatic rings. The van der Waals surface area contributed by atoms with Crippen LogP contribution >= 0.6 is 0 Å². The van der Waals surface area contributed by atoms with Crippen molar-refractivity contribution in [2.75, 3.05) is 26.3 Å². The van der Waals surface area contributed by atoms with Gasteiger partial charge in [0.15, 0.2) is 0 Å². The van der Waals surface area contributed by atoms with Crippen LogP contribution in [0.5, 0.6) is 11.5 Å². The summed E-state index contributed by atoms with van der Waals surface area (Å²) in [5, 5.41) is 0. The number of nitrogens with zero attached hydrogens (tertiary/aromatic N) is 2. The zero-order valence-corrected chi connectivity index (χ0v) is 24.6. The zero-order chi connectivity index (χ0) is 31.0. The first kappa shape index (κ1) is 31.7. The molecule has 43 heavy (non-hydrogen) atoms. The predicted octanol–water partition coefficient (Wildman–Crippen LogP) is 6.74. The van der Waals surface area contributed by atoms with Gasteiger partial charge in [0.25, 0.3) is 0 Å². The lowest BCUT2D eigenvalue weighted by Gasteiger charge is -2.28. The quantitative estimate of drug-likeness (QED) is 0.204. The molecule has 0 bridgehead atoms. The smallest absolute Gasteiger partial charge is 0.416 e. The molecule has 0 aromatic heterocycles. The van der Waals surface area contributed by atoms with Gasteiger partial charge in [-0.15, -0.1) is 0 Å². The van der Waals surface area contributed by atoms with Crippen LogP contribution in [0.4, 0.5) is 18.0 Å². The van der Waals surface area contributed by atoms with Crippen LogP contribution in [0.3, 0.4) is 0 Å². The van der Waals surface area contributed by atoms with E-state index in [1.807, 2.05) is 49.4 Å². The van der Waals surface area contributed by atoms with Gasteiger partial charge in [0.1, 0.15) is 11.5 Å². The second-order valence-corrected chi connectivity index (χ2v) is 10.6. The molecule has 0 radical (unpaired) electrons. The number of rotatable bonds is 13. The summed E-state index contributed by atoms with van der Waals surface area (Å²) >= 11 is 0. The molecular weight excluding hydrogens is 561 g/mol. The summed E-state index contributed by atoms with van der Waals surface area (Å²) in [4.78, 5) is 29.2. The highest BCUT2D eigenvalue weighted by Gasteiger charge is 2.38. The van der Waals surface area contributed by atoms with Crippen LogP contribution in [0.2, 0.25) is 0 Å². The minimum Gasteiger partial charge on any atom is -0.494 e. The molecule has 230 valence electrons. The van der Waals surface area contributed by atoms with Crippen molar-refractivity contribution in [2.45, 2.75) is 58.0 Å². The zero-order valence-electron chi connectivity index (χ0n) is 24.6. The molecule has 1 aliphatic rings. The summed E-state index contributed by atoms with van der Waals surface area (Å²) in [6, 6.07) is 21.2. The van der Waals surface area contributed by atoms with Gasteiger partial charge < -0.3 is 24.0 Å². The van der Waals surface area contributed by atoms with Crippen molar-refractivity contribution in [1.29, 1.82) is 0 Å². The minimum atomic E-state index is -4.40. The van der Waals surface area contributed by atoms with Crippen LogP contribution in [-0.2, 0) is 28.7 Å². The fourth-order valence-electron chi connectivity index (χ4n) is 5.15. The molecule has 2 atom stereocenters. The fourth-order valence-corrected chi connectivity index (χ4v) is 5.15. The summed E-state index contributed by atoms with van der Waals surface area (Å²) in [6.07, 6.45) is -3.51. The highest BCUT2D eigenvalue weighted by molar-refractivity contribution is 5.80. The Balaban J connectivity index is 1.32. The summed E-state index contributed by atoms with van der Waals surface area (Å²) in [6.45, 7) is 7.21. The maximum Gasteiger partial charge on any atom is 0.416 e. The Morgan fingerprint density at radius 2 is 1.56 bits per heavy atom. The van der Waals surface area contributed by atoms with Crippen LogP contribution < -0.4 is 9.47 Å². The van der Waals surface area contributed by atoms with E-state index in [0.29, 0.717) is 49.6 Å². The van der Waals surface area contributed by atoms with Gasteiger partial charge in [-0.3, -0.25) is 0 Å². The second-order valence-electron chi connectivity index (χ2n) is 10.6. The van der Waals surface area contributed by atoms with E-state index in [0.717, 1.165) is 17.7 Å². The number of ether oxygens (including phenoxy) is 3. The molecule has 7 nitrogen and oxygen atoms in total. The lowest BCUT2D eigenvalue weighted by molar-refractivity contribution is -0.160. The monoisotopic (exact) mass is 598 g/mol. The highest BCUT2D eigenvalue weighted by atomic mass is 19.4. The maximum absolute atomic E-state index is 13.0. The van der Waals surface area contributed by atoms with E-state index in [1.54, 1.807) is 35.8 Å². The number of para-hydroxylation sites is 1. The molecule has 1 saturated heterocycles. The highest BCUT2D eigenvalue weighted by Crippen LogP contribution is 2.30. The number of alkyl halides is 3. The first-order chi connectivity index (χ1) is 20.5. The van der Waals surface area contributed by atoms with Gasteiger partial charge in [0, 0.05) is 32.5 Å². The molecule has 0 N–H and O–H groups in total. The van der Waals surface area contributed by atoms with Crippen molar-refractivity contribution in [1.82, 2.24) is 9.80 Å². The third kappa shape index (κ3) is 8.21. The fraction of sp³-hybridized carbons (Fsp3) is 0.394. The molecule has 1 fully saturated rings. The standard InChI is InChI=1S/C33H37F3N2O5/c1-4-38-27(23-37(31(38)40)22-25-11-15-26(16-12-25)33(34,35)36)19-20-42-28-17-13-24(14-18-28)21-32(3,30(39)41-5-2)43-29-9-7-6-8-10-29/h6-18,27H,4-5,19-23H2,1-3H3/t27-,32-/m0/s1. The van der Waals surface area contributed by atoms with Crippen molar-refractivity contribution >= 4 is 12.0 Å². The topological polar surface area (TPSA) is 68.3 Å². The van der Waals surface area contributed by atoms with Crippen LogP contribution in [0.1, 0.15) is 43.9 Å². The molecule has 2 amide bonds. The Bertz CT molecular complexity index is 1350. The maximum atomic E-state index is 13.0. The molecule has 1 heterocycles. The van der Waals surface area contributed by atoms with E-state index >= 15 is 0 Å². The molecule has 4 rings (SSSR count). The average molecular weight is 599 g/mol. The number of halogens is 3. The van der Waals surface area contributed by atoms with Crippen LogP contribution in [0, 0.1) is 0 Å². The molecule has 1 aliphatic heterocycles. The number of likely N-dealkylation sites (N-methyl/N-ethyl adjacent to an activating group) is 1. The number of esters is 1. The Hall–Kier alpha value is -4.21. The van der Waals surface area contributed by atoms with Gasteiger partial charge >= 0.3 is 18.2 Å². The van der Waals surface area contributed by atoms with Crippen molar-refractivity contribution in [3.63, 3.8) is 0 Å². The van der Waals surface area contributed by atoms with E-state index in [2.05, 4.69) is 0 Å². The molecule has 0 aliphatic carbocycles. The van der Waals surface area contributed by atoms with E-state index in [4.69, 9.17) is 14.2 Å². The SMILES string of the molecule is CCOC(=O)[C@](C)(Cc1ccc(OCC[C@H]2CN(Cc3ccc(C(F)(F)F)cc3)C(=O)N2CC)cc1)Oc1ccccc1. The van der Waals surface area contributed by atoms with Crippen LogP contribution in [0.15, 0.2) is 78.9 Å². The third-order valence-electron chi connectivity index (χ3n) is 7.36. The minimum absolute atomic E-state index is 0.0772. The molecule has 0 unspecified atom stereocenters. The predicted molar refractivity (Wildman–Crippen MR) is 156 cm³/mol. The number of urea groups is 1. The van der Waals surface area contributed by atoms with Gasteiger partial charge in [-0.25, -0.2) is 9.59 Å². The Morgan fingerprint density at radius 3 is 2.16 bits per heavy atom. The summed E-state index contributed by atoms with van der Waals surface area (Å²) in [5.74, 6) is 0.778. The summed E-state index contributed by atoms with van der Waals surface area (Å²) in [7, 11) is 0. The van der Waals surface area contributed by atoms with Gasteiger partial charge in [-0.05, 0) is 68.3 Å². The van der Waals surface area contributed by atoms with E-state index in [-0.39, 0.29) is 25.2 Å². The van der Waals surface area contributed by atoms with Gasteiger partial charge in [-0.2, -0.15) is 13.2 Å². The van der Waals surface area contributed by atoms with Gasteiger partial charge in [0.05, 0.1) is 24.8 Å². The molecule has 0 spiro atoms. The summed E-state index contributed by atoms with van der Waals surface area (Å²) < 4.78 is 56.0. The van der Waals surface area contributed by atoms with Crippen molar-refractivity contribution in [2.24, 2.45) is 0 Å². The van der Waals surface area contributed by atoms with E-state index < -0.39 is 23.3 Å². The Kier molecular flexibility index (Phi) is 10.2. The number of hydrogen-bond donors (Lipinski definition) is 0. The van der Waals surface area contributed by atoms with Crippen LogP contribution in [-0.4, -0.2) is 59.7 Å². The first-order valence-corrected chi connectivity index (χ1v) is 14.4. The number of carbonyl (C=O) groups is 2. The molecular formula is C33H37F3N2O5. The van der Waals surface area contributed by atoms with Crippen LogP contribution in [0.25, 0.3) is 0 Å². The largest absolute Gasteiger partial charge is 0.494 e. The van der Waals surface area contributed by atoms with Gasteiger partial charge in [-0.1, -0.05) is 42.5 Å². The second kappa shape index (κ2) is 13.8. The number of carbonyl (C=O) groups excluding carboxylic acids is 2. The van der Waals surface area contributed by atoms with E-state index in [1.165, 1.54) is 12.1 Å². The average Bonchev–Trinajstić information content (AvgIpc) is 3.27. The lowest BCUT2D eigenvalue weighted by Crippen LogP contribution is -2.45. The molecule has 10 heteroatoms. The van der Waals surface area contributed by atoms with Crippen molar-refractivity contribution < 1.29 is 37.0 Å². The Labute approximate surface area is 250 Å². The van der Waals surface area contributed by atoms with E-state index in [9.17, 15) is 22.8 Å². The Morgan fingerprint density at radius 1 is 0.907 bits per heavy atom. The van der Waals surface area contributed by atoms with Gasteiger partial charge in [0.2, 0.25) is 5.60 Å². The third-order valence-corrected chi connectivity index (χ3v) is 7.36. The van der Waals surface area contributed by atoms with Crippen molar-refractivity contribution in [3.8, 4) is 11.5 Å². The lowest BCUT2D eigenvalue weighted by atomic mass is 9.96. The normalized spacial score (nSPS) is 16.6. The number of benzene rings is 3. The first-order valence-electron chi connectivity index (χ1n) is 14.4. The molecule has 3 aromatic carbocycles. The summed E-state index contributed by atoms with van der Waals surface area (Å²) in [5.41, 5.74) is -0.417. The number of hydrogen-bond acceptors (Lipinski definition) is 5.